The minimum Gasteiger partial charge on any atom is -0.300 e. The Hall–Kier alpha value is -1.63. The Balaban J connectivity index is 1.65. The lowest BCUT2D eigenvalue weighted by atomic mass is 9.71. The summed E-state index contributed by atoms with van der Waals surface area (Å²) in [6, 6.07) is 4.22. The van der Waals surface area contributed by atoms with E-state index in [1.54, 1.807) is 11.8 Å². The molecule has 1 amide bonds. The van der Waals surface area contributed by atoms with Crippen LogP contribution in [0.25, 0.3) is 0 Å². The maximum absolute atomic E-state index is 12.3. The van der Waals surface area contributed by atoms with Crippen LogP contribution >= 0.6 is 34.9 Å². The molecule has 0 spiro atoms. The van der Waals surface area contributed by atoms with Gasteiger partial charge in [0.1, 0.15) is 11.1 Å². The zero-order chi connectivity index (χ0) is 21.0. The minimum atomic E-state index is -0.171. The standard InChI is InChI=1S/C20H25N5OS3/c1-5-27-19-25-24-18(29-19)23-16(26)11-28-17-13(10-21)8-12-9-14(20(2,3)4)6-7-15(12)22-17/h8,14H,5-7,9,11H2,1-4H3,(H,23,24,26)/t14-/m1/s1. The molecule has 0 unspecified atom stereocenters. The zero-order valence-corrected chi connectivity index (χ0v) is 19.6. The highest BCUT2D eigenvalue weighted by Crippen LogP contribution is 2.38. The summed E-state index contributed by atoms with van der Waals surface area (Å²) >= 11 is 4.26. The minimum absolute atomic E-state index is 0.171. The number of anilines is 1. The molecule has 1 atom stereocenters. The fraction of sp³-hybridized carbons (Fsp3) is 0.550. The summed E-state index contributed by atoms with van der Waals surface area (Å²) in [5.41, 5.74) is 3.04. The van der Waals surface area contributed by atoms with Gasteiger partial charge in [0.25, 0.3) is 0 Å². The number of fused-ring (bicyclic) bond motifs is 1. The maximum atomic E-state index is 12.3. The largest absolute Gasteiger partial charge is 0.300 e. The van der Waals surface area contributed by atoms with Crippen LogP contribution in [0.5, 0.6) is 0 Å². The van der Waals surface area contributed by atoms with E-state index in [1.807, 2.05) is 13.0 Å². The van der Waals surface area contributed by atoms with E-state index >= 15 is 0 Å². The normalized spacial score (nSPS) is 16.2. The number of aromatic nitrogens is 3. The number of hydrogen-bond acceptors (Lipinski definition) is 8. The molecule has 0 aliphatic heterocycles. The second-order valence-corrected chi connectivity index (χ2v) is 11.5. The average Bonchev–Trinajstić information content (AvgIpc) is 3.11. The first-order chi connectivity index (χ1) is 13.8. The van der Waals surface area contributed by atoms with Gasteiger partial charge in [-0.05, 0) is 48.0 Å². The molecule has 0 bridgehead atoms. The fourth-order valence-corrected chi connectivity index (χ4v) is 5.75. The van der Waals surface area contributed by atoms with Crippen molar-refractivity contribution in [2.24, 2.45) is 11.3 Å². The molecule has 1 aliphatic carbocycles. The van der Waals surface area contributed by atoms with E-state index in [0.717, 1.165) is 35.0 Å². The van der Waals surface area contributed by atoms with Gasteiger partial charge in [-0.25, -0.2) is 4.98 Å². The van der Waals surface area contributed by atoms with Gasteiger partial charge in [0, 0.05) is 5.69 Å². The summed E-state index contributed by atoms with van der Waals surface area (Å²) in [5, 5.41) is 21.5. The van der Waals surface area contributed by atoms with Crippen molar-refractivity contribution in [3.05, 3.63) is 22.9 Å². The van der Waals surface area contributed by atoms with E-state index in [2.05, 4.69) is 42.4 Å². The summed E-state index contributed by atoms with van der Waals surface area (Å²) in [6.45, 7) is 8.85. The monoisotopic (exact) mass is 447 g/mol. The van der Waals surface area contributed by atoms with Crippen LogP contribution in [0.4, 0.5) is 5.13 Å². The number of thioether (sulfide) groups is 2. The van der Waals surface area contributed by atoms with E-state index < -0.39 is 0 Å². The van der Waals surface area contributed by atoms with Crippen molar-refractivity contribution in [2.45, 2.75) is 56.3 Å². The molecule has 0 aromatic carbocycles. The summed E-state index contributed by atoms with van der Waals surface area (Å²) in [5.74, 6) is 1.52. The molecule has 2 aromatic heterocycles. The number of nitriles is 1. The van der Waals surface area contributed by atoms with E-state index in [9.17, 15) is 10.1 Å². The van der Waals surface area contributed by atoms with Gasteiger partial charge in [0.05, 0.1) is 11.3 Å². The van der Waals surface area contributed by atoms with E-state index in [1.165, 1.54) is 28.7 Å². The first kappa shape index (κ1) is 22.1. The summed E-state index contributed by atoms with van der Waals surface area (Å²) in [7, 11) is 0. The van der Waals surface area contributed by atoms with E-state index in [4.69, 9.17) is 4.98 Å². The molecule has 6 nitrogen and oxygen atoms in total. The van der Waals surface area contributed by atoms with Crippen LogP contribution in [0.2, 0.25) is 0 Å². The van der Waals surface area contributed by atoms with Crippen molar-refractivity contribution in [3.8, 4) is 6.07 Å². The quantitative estimate of drug-likeness (QED) is 0.502. The molecule has 29 heavy (non-hydrogen) atoms. The van der Waals surface area contributed by atoms with Gasteiger partial charge >= 0.3 is 0 Å². The van der Waals surface area contributed by atoms with Crippen molar-refractivity contribution >= 4 is 45.9 Å². The van der Waals surface area contributed by atoms with E-state index in [-0.39, 0.29) is 17.1 Å². The molecule has 3 rings (SSSR count). The molecule has 0 saturated carbocycles. The van der Waals surface area contributed by atoms with Crippen LogP contribution in [0.15, 0.2) is 15.4 Å². The van der Waals surface area contributed by atoms with Crippen LogP contribution < -0.4 is 5.32 Å². The van der Waals surface area contributed by atoms with Gasteiger partial charge in [0.2, 0.25) is 11.0 Å². The van der Waals surface area contributed by atoms with Crippen molar-refractivity contribution < 1.29 is 4.79 Å². The molecule has 0 radical (unpaired) electrons. The second kappa shape index (κ2) is 9.45. The molecule has 2 aromatic rings. The second-order valence-electron chi connectivity index (χ2n) is 8.01. The van der Waals surface area contributed by atoms with Gasteiger partial charge in [0.15, 0.2) is 4.34 Å². The third-order valence-corrected chi connectivity index (χ3v) is 7.80. The number of carbonyl (C=O) groups excluding carboxylic acids is 1. The van der Waals surface area contributed by atoms with Crippen molar-refractivity contribution in [1.29, 1.82) is 5.26 Å². The molecule has 2 heterocycles. The lowest BCUT2D eigenvalue weighted by Crippen LogP contribution is -2.27. The average molecular weight is 448 g/mol. The lowest BCUT2D eigenvalue weighted by molar-refractivity contribution is -0.113. The van der Waals surface area contributed by atoms with Gasteiger partial charge in [-0.1, -0.05) is 62.6 Å². The Bertz CT molecular complexity index is 929. The number of aryl methyl sites for hydroxylation is 1. The van der Waals surface area contributed by atoms with Gasteiger partial charge in [-0.3, -0.25) is 10.1 Å². The topological polar surface area (TPSA) is 91.6 Å². The summed E-state index contributed by atoms with van der Waals surface area (Å²) in [6.07, 6.45) is 2.99. The number of hydrogen-bond donors (Lipinski definition) is 1. The van der Waals surface area contributed by atoms with Crippen LogP contribution in [-0.2, 0) is 17.6 Å². The molecule has 0 fully saturated rings. The Morgan fingerprint density at radius 3 is 2.86 bits per heavy atom. The fourth-order valence-electron chi connectivity index (χ4n) is 3.31. The lowest BCUT2D eigenvalue weighted by Gasteiger charge is -2.34. The SMILES string of the molecule is CCSc1nnc(NC(=O)CSc2nc3c(cc2C#N)C[C@H](C(C)(C)C)CC3)s1. The van der Waals surface area contributed by atoms with Crippen LogP contribution in [0.3, 0.4) is 0 Å². The molecule has 0 saturated heterocycles. The maximum Gasteiger partial charge on any atom is 0.236 e. The van der Waals surface area contributed by atoms with Gasteiger partial charge in [-0.15, -0.1) is 10.2 Å². The Kier molecular flexibility index (Phi) is 7.19. The van der Waals surface area contributed by atoms with Gasteiger partial charge in [-0.2, -0.15) is 5.26 Å². The predicted octanol–water partition coefficient (Wildman–Crippen LogP) is 4.80. The number of carbonyl (C=O) groups is 1. The summed E-state index contributed by atoms with van der Waals surface area (Å²) < 4.78 is 0.840. The highest BCUT2D eigenvalue weighted by molar-refractivity contribution is 8.01. The number of rotatable bonds is 6. The van der Waals surface area contributed by atoms with Crippen molar-refractivity contribution in [1.82, 2.24) is 15.2 Å². The molecule has 154 valence electrons. The predicted molar refractivity (Wildman–Crippen MR) is 120 cm³/mol. The van der Waals surface area contributed by atoms with Crippen molar-refractivity contribution in [2.75, 3.05) is 16.8 Å². The number of amides is 1. The zero-order valence-electron chi connectivity index (χ0n) is 17.1. The molecule has 1 aliphatic rings. The number of nitrogens with one attached hydrogen (secondary N) is 1. The summed E-state index contributed by atoms with van der Waals surface area (Å²) in [4.78, 5) is 17.0. The Morgan fingerprint density at radius 1 is 1.38 bits per heavy atom. The highest BCUT2D eigenvalue weighted by Gasteiger charge is 2.30. The first-order valence-electron chi connectivity index (χ1n) is 9.62. The molecule has 9 heteroatoms. The van der Waals surface area contributed by atoms with E-state index in [0.29, 0.717) is 21.6 Å². The van der Waals surface area contributed by atoms with Crippen LogP contribution in [-0.4, -0.2) is 32.6 Å². The smallest absolute Gasteiger partial charge is 0.236 e. The first-order valence-corrected chi connectivity index (χ1v) is 12.4. The third kappa shape index (κ3) is 5.71. The number of pyridine rings is 1. The van der Waals surface area contributed by atoms with Crippen molar-refractivity contribution in [3.63, 3.8) is 0 Å². The Labute approximate surface area is 184 Å². The van der Waals surface area contributed by atoms with Gasteiger partial charge < -0.3 is 0 Å². The van der Waals surface area contributed by atoms with Crippen LogP contribution in [0.1, 0.15) is 50.9 Å². The van der Waals surface area contributed by atoms with Crippen LogP contribution in [0, 0.1) is 22.7 Å². The highest BCUT2D eigenvalue weighted by atomic mass is 32.2. The third-order valence-electron chi connectivity index (χ3n) is 4.96. The molecular formula is C20H25N5OS3. The molecular weight excluding hydrogens is 422 g/mol. The number of nitrogens with zero attached hydrogens (tertiary/aromatic N) is 4. The Morgan fingerprint density at radius 2 is 2.17 bits per heavy atom. The molecule has 1 N–H and O–H groups in total.